The second-order valence-electron chi connectivity index (χ2n) is 2.64. The summed E-state index contributed by atoms with van der Waals surface area (Å²) in [7, 11) is -2.11. The minimum atomic E-state index is -3.63. The number of benzene rings is 1. The van der Waals surface area contributed by atoms with Crippen LogP contribution in [0.1, 0.15) is 0 Å². The van der Waals surface area contributed by atoms with Gasteiger partial charge in [-0.15, -0.1) is 0 Å². The van der Waals surface area contributed by atoms with Crippen molar-refractivity contribution in [3.8, 4) is 5.75 Å². The minimum Gasteiger partial charge on any atom is -0.497 e. The van der Waals surface area contributed by atoms with Crippen LogP contribution in [0, 0.1) is 0 Å². The molecule has 1 aromatic rings. The summed E-state index contributed by atoms with van der Waals surface area (Å²) in [6.07, 6.45) is 0. The van der Waals surface area contributed by atoms with E-state index < -0.39 is 10.1 Å². The Kier molecular flexibility index (Phi) is 4.56. The SMILES string of the molecule is COc1ccc(S(=O)(=O)OCCBr)cc1. The first-order valence-electron chi connectivity index (χ1n) is 4.19. The maximum atomic E-state index is 11.5. The summed E-state index contributed by atoms with van der Waals surface area (Å²) in [5.41, 5.74) is 0. The Bertz CT molecular complexity index is 399. The molecule has 0 spiro atoms. The molecule has 4 nitrogen and oxygen atoms in total. The molecule has 0 radical (unpaired) electrons. The third-order valence-corrected chi connectivity index (χ3v) is 3.31. The fourth-order valence-electron chi connectivity index (χ4n) is 0.952. The molecule has 0 fully saturated rings. The van der Waals surface area contributed by atoms with Crippen LogP contribution < -0.4 is 4.74 Å². The van der Waals surface area contributed by atoms with Gasteiger partial charge in [0, 0.05) is 5.33 Å². The number of alkyl halides is 1. The molecule has 0 atom stereocenters. The molecule has 0 N–H and O–H groups in total. The Morgan fingerprint density at radius 2 is 1.87 bits per heavy atom. The van der Waals surface area contributed by atoms with E-state index in [4.69, 9.17) is 8.92 Å². The van der Waals surface area contributed by atoms with Gasteiger partial charge in [-0.2, -0.15) is 8.42 Å². The number of halogens is 1. The Labute approximate surface area is 97.5 Å². The largest absolute Gasteiger partial charge is 0.497 e. The number of hydrogen-bond donors (Lipinski definition) is 0. The average molecular weight is 295 g/mol. The van der Waals surface area contributed by atoms with Crippen molar-refractivity contribution in [2.75, 3.05) is 19.0 Å². The second kappa shape index (κ2) is 5.48. The Morgan fingerprint density at radius 3 is 2.33 bits per heavy atom. The summed E-state index contributed by atoms with van der Waals surface area (Å²) in [4.78, 5) is 0.129. The first-order valence-corrected chi connectivity index (χ1v) is 6.72. The van der Waals surface area contributed by atoms with Crippen LogP contribution >= 0.6 is 15.9 Å². The molecule has 0 amide bonds. The third kappa shape index (κ3) is 3.48. The van der Waals surface area contributed by atoms with Gasteiger partial charge >= 0.3 is 0 Å². The molecule has 84 valence electrons. The predicted octanol–water partition coefficient (Wildman–Crippen LogP) is 1.80. The van der Waals surface area contributed by atoms with Gasteiger partial charge < -0.3 is 4.74 Å². The van der Waals surface area contributed by atoms with Crippen molar-refractivity contribution in [2.45, 2.75) is 4.90 Å². The monoisotopic (exact) mass is 294 g/mol. The van der Waals surface area contributed by atoms with Crippen molar-refractivity contribution in [3.63, 3.8) is 0 Å². The molecule has 15 heavy (non-hydrogen) atoms. The highest BCUT2D eigenvalue weighted by atomic mass is 79.9. The van der Waals surface area contributed by atoms with Crippen molar-refractivity contribution >= 4 is 26.0 Å². The molecule has 0 aliphatic rings. The zero-order chi connectivity index (χ0) is 11.3. The van der Waals surface area contributed by atoms with Gasteiger partial charge in [-0.1, -0.05) is 15.9 Å². The van der Waals surface area contributed by atoms with Gasteiger partial charge in [0.15, 0.2) is 0 Å². The van der Waals surface area contributed by atoms with Gasteiger partial charge in [-0.3, -0.25) is 4.18 Å². The summed E-state index contributed by atoms with van der Waals surface area (Å²) in [6, 6.07) is 6.04. The number of methoxy groups -OCH3 is 1. The highest BCUT2D eigenvalue weighted by Crippen LogP contribution is 2.17. The molecule has 0 bridgehead atoms. The lowest BCUT2D eigenvalue weighted by Crippen LogP contribution is -2.08. The summed E-state index contributed by atoms with van der Waals surface area (Å²) < 4.78 is 32.7. The molecule has 0 saturated heterocycles. The zero-order valence-electron chi connectivity index (χ0n) is 8.14. The van der Waals surface area contributed by atoms with E-state index in [0.717, 1.165) is 0 Å². The van der Waals surface area contributed by atoms with Crippen LogP contribution in [0.5, 0.6) is 5.75 Å². The van der Waals surface area contributed by atoms with Crippen LogP contribution in [0.4, 0.5) is 0 Å². The van der Waals surface area contributed by atoms with E-state index in [-0.39, 0.29) is 11.5 Å². The van der Waals surface area contributed by atoms with Crippen LogP contribution in [0.3, 0.4) is 0 Å². The quantitative estimate of drug-likeness (QED) is 0.614. The fourth-order valence-corrected chi connectivity index (χ4v) is 2.24. The number of rotatable bonds is 5. The van der Waals surface area contributed by atoms with Gasteiger partial charge in [0.05, 0.1) is 18.6 Å². The standard InChI is InChI=1S/C9H11BrO4S/c1-13-8-2-4-9(5-3-8)15(11,12)14-7-6-10/h2-5H,6-7H2,1H3. The van der Waals surface area contributed by atoms with Gasteiger partial charge in [0.2, 0.25) is 0 Å². The molecule has 6 heteroatoms. The maximum Gasteiger partial charge on any atom is 0.297 e. The van der Waals surface area contributed by atoms with Gasteiger partial charge in [0.25, 0.3) is 10.1 Å². The van der Waals surface area contributed by atoms with Gasteiger partial charge in [0.1, 0.15) is 5.75 Å². The highest BCUT2D eigenvalue weighted by Gasteiger charge is 2.14. The maximum absolute atomic E-state index is 11.5. The number of ether oxygens (including phenoxy) is 1. The van der Waals surface area contributed by atoms with Gasteiger partial charge in [-0.25, -0.2) is 0 Å². The van der Waals surface area contributed by atoms with Crippen LogP contribution in [-0.4, -0.2) is 27.5 Å². The fraction of sp³-hybridized carbons (Fsp3) is 0.333. The first kappa shape index (κ1) is 12.5. The summed E-state index contributed by atoms with van der Waals surface area (Å²) in [6.45, 7) is 0.119. The Balaban J connectivity index is 2.86. The molecular formula is C9H11BrO4S. The van der Waals surface area contributed by atoms with Crippen molar-refractivity contribution in [1.29, 1.82) is 0 Å². The molecule has 0 aliphatic carbocycles. The molecule has 0 aromatic heterocycles. The van der Waals surface area contributed by atoms with Crippen LogP contribution in [0.25, 0.3) is 0 Å². The van der Waals surface area contributed by atoms with Crippen LogP contribution in [0.2, 0.25) is 0 Å². The van der Waals surface area contributed by atoms with E-state index in [2.05, 4.69) is 15.9 Å². The van der Waals surface area contributed by atoms with E-state index in [9.17, 15) is 8.42 Å². The van der Waals surface area contributed by atoms with E-state index >= 15 is 0 Å². The van der Waals surface area contributed by atoms with Crippen molar-refractivity contribution in [2.24, 2.45) is 0 Å². The molecule has 1 aromatic carbocycles. The highest BCUT2D eigenvalue weighted by molar-refractivity contribution is 9.09. The summed E-state index contributed by atoms with van der Waals surface area (Å²) in [5.74, 6) is 0.606. The molecule has 0 aliphatic heterocycles. The third-order valence-electron chi connectivity index (χ3n) is 1.66. The Morgan fingerprint density at radius 1 is 1.27 bits per heavy atom. The van der Waals surface area contributed by atoms with E-state index in [1.165, 1.54) is 19.2 Å². The lowest BCUT2D eigenvalue weighted by atomic mass is 10.3. The second-order valence-corrected chi connectivity index (χ2v) is 5.05. The van der Waals surface area contributed by atoms with Crippen molar-refractivity contribution < 1.29 is 17.3 Å². The summed E-state index contributed by atoms with van der Waals surface area (Å²) >= 11 is 3.09. The van der Waals surface area contributed by atoms with Crippen molar-refractivity contribution in [1.82, 2.24) is 0 Å². The van der Waals surface area contributed by atoms with E-state index in [0.29, 0.717) is 11.1 Å². The molecule has 0 heterocycles. The minimum absolute atomic E-state index is 0.119. The molecule has 0 unspecified atom stereocenters. The number of hydrogen-bond acceptors (Lipinski definition) is 4. The zero-order valence-corrected chi connectivity index (χ0v) is 10.5. The Hall–Kier alpha value is -0.590. The van der Waals surface area contributed by atoms with Crippen LogP contribution in [-0.2, 0) is 14.3 Å². The molecule has 0 saturated carbocycles. The summed E-state index contributed by atoms with van der Waals surface area (Å²) in [5, 5.41) is 0.475. The normalized spacial score (nSPS) is 11.3. The van der Waals surface area contributed by atoms with E-state index in [1.807, 2.05) is 0 Å². The lowest BCUT2D eigenvalue weighted by molar-refractivity contribution is 0.342. The molecule has 1 rings (SSSR count). The van der Waals surface area contributed by atoms with Crippen LogP contribution in [0.15, 0.2) is 29.2 Å². The first-order chi connectivity index (χ1) is 7.10. The average Bonchev–Trinajstić information content (AvgIpc) is 2.26. The molecular weight excluding hydrogens is 284 g/mol. The smallest absolute Gasteiger partial charge is 0.297 e. The van der Waals surface area contributed by atoms with Crippen molar-refractivity contribution in [3.05, 3.63) is 24.3 Å². The topological polar surface area (TPSA) is 52.6 Å². The predicted molar refractivity (Wildman–Crippen MR) is 59.9 cm³/mol. The van der Waals surface area contributed by atoms with E-state index in [1.54, 1.807) is 12.1 Å². The van der Waals surface area contributed by atoms with Gasteiger partial charge in [-0.05, 0) is 24.3 Å². The lowest BCUT2D eigenvalue weighted by Gasteiger charge is -2.04.